The number of hydrogen-bond acceptors (Lipinski definition) is 3. The van der Waals surface area contributed by atoms with Crippen LogP contribution in [0.3, 0.4) is 0 Å². The Balaban J connectivity index is 1.80. The fraction of sp³-hybridized carbons (Fsp3) is 0.625. The lowest BCUT2D eigenvalue weighted by molar-refractivity contribution is 0.312. The lowest BCUT2D eigenvalue weighted by Crippen LogP contribution is -2.45. The highest BCUT2D eigenvalue weighted by Crippen LogP contribution is 2.33. The number of para-hydroxylation sites is 1. The molecule has 0 unspecified atom stereocenters. The molecule has 0 spiro atoms. The molecule has 0 bridgehead atoms. The van der Waals surface area contributed by atoms with Gasteiger partial charge in [-0.25, -0.2) is 0 Å². The van der Waals surface area contributed by atoms with Crippen LogP contribution in [0.25, 0.3) is 0 Å². The highest BCUT2D eigenvalue weighted by Gasteiger charge is 2.22. The molecule has 0 amide bonds. The van der Waals surface area contributed by atoms with Gasteiger partial charge in [-0.2, -0.15) is 0 Å². The van der Waals surface area contributed by atoms with Gasteiger partial charge in [-0.1, -0.05) is 18.2 Å². The largest absolute Gasteiger partial charge is 0.369 e. The van der Waals surface area contributed by atoms with E-state index in [-0.39, 0.29) is 0 Å². The highest BCUT2D eigenvalue weighted by molar-refractivity contribution is 5.55. The number of piperidine rings is 1. The molecule has 104 valence electrons. The summed E-state index contributed by atoms with van der Waals surface area (Å²) in [6, 6.07) is 9.07. The summed E-state index contributed by atoms with van der Waals surface area (Å²) in [7, 11) is 2.22. The molecular weight excluding hydrogens is 234 g/mol. The third-order valence-electron chi connectivity index (χ3n) is 4.56. The van der Waals surface area contributed by atoms with E-state index in [0.717, 1.165) is 5.92 Å². The maximum Gasteiger partial charge on any atom is 0.0402 e. The van der Waals surface area contributed by atoms with Crippen molar-refractivity contribution in [3.05, 3.63) is 29.8 Å². The molecule has 1 aromatic rings. The van der Waals surface area contributed by atoms with Crippen LogP contribution in [0.1, 0.15) is 24.3 Å². The number of rotatable bonds is 2. The molecule has 2 heterocycles. The van der Waals surface area contributed by atoms with Crippen molar-refractivity contribution in [2.45, 2.75) is 18.8 Å². The number of likely N-dealkylation sites (N-methyl/N-ethyl adjacent to an activating group) is 1. The summed E-state index contributed by atoms with van der Waals surface area (Å²) in [4.78, 5) is 5.00. The van der Waals surface area contributed by atoms with Crippen molar-refractivity contribution in [2.24, 2.45) is 0 Å². The number of piperazine rings is 1. The van der Waals surface area contributed by atoms with Crippen LogP contribution in [-0.2, 0) is 0 Å². The molecule has 2 aliphatic rings. The average Bonchev–Trinajstić information content (AvgIpc) is 2.49. The normalized spacial score (nSPS) is 22.7. The predicted molar refractivity (Wildman–Crippen MR) is 81.0 cm³/mol. The highest BCUT2D eigenvalue weighted by atomic mass is 15.2. The predicted octanol–water partition coefficient (Wildman–Crippen LogP) is 1.91. The Bertz CT molecular complexity index is 404. The van der Waals surface area contributed by atoms with E-state index in [1.165, 1.54) is 57.8 Å². The van der Waals surface area contributed by atoms with E-state index in [4.69, 9.17) is 0 Å². The zero-order valence-electron chi connectivity index (χ0n) is 11.9. The van der Waals surface area contributed by atoms with Gasteiger partial charge in [0.05, 0.1) is 0 Å². The lowest BCUT2D eigenvalue weighted by atomic mass is 9.88. The first-order valence-corrected chi connectivity index (χ1v) is 7.58. The number of benzene rings is 1. The van der Waals surface area contributed by atoms with Crippen LogP contribution in [0.5, 0.6) is 0 Å². The Morgan fingerprint density at radius 1 is 1.00 bits per heavy atom. The van der Waals surface area contributed by atoms with E-state index in [0.29, 0.717) is 0 Å². The maximum absolute atomic E-state index is 3.47. The van der Waals surface area contributed by atoms with Gasteiger partial charge in [0.2, 0.25) is 0 Å². The van der Waals surface area contributed by atoms with Crippen molar-refractivity contribution >= 4 is 5.69 Å². The molecule has 3 nitrogen and oxygen atoms in total. The first-order chi connectivity index (χ1) is 9.34. The molecule has 2 saturated heterocycles. The smallest absolute Gasteiger partial charge is 0.0402 e. The van der Waals surface area contributed by atoms with Crippen molar-refractivity contribution in [3.63, 3.8) is 0 Å². The van der Waals surface area contributed by atoms with E-state index in [1.807, 2.05) is 0 Å². The van der Waals surface area contributed by atoms with Gasteiger partial charge in [-0.05, 0) is 50.5 Å². The van der Waals surface area contributed by atoms with Gasteiger partial charge in [0.25, 0.3) is 0 Å². The molecule has 2 aliphatic heterocycles. The van der Waals surface area contributed by atoms with E-state index in [1.54, 1.807) is 5.56 Å². The summed E-state index contributed by atoms with van der Waals surface area (Å²) >= 11 is 0. The zero-order chi connectivity index (χ0) is 13.1. The standard InChI is InChI=1S/C16H25N3/c1-18-10-12-19(13-11-18)16-5-3-2-4-15(16)14-6-8-17-9-7-14/h2-5,14,17H,6-13H2,1H3. The van der Waals surface area contributed by atoms with Crippen LogP contribution in [0.15, 0.2) is 24.3 Å². The quantitative estimate of drug-likeness (QED) is 0.875. The zero-order valence-corrected chi connectivity index (χ0v) is 11.9. The molecule has 0 aromatic heterocycles. The molecule has 0 atom stereocenters. The number of nitrogens with one attached hydrogen (secondary N) is 1. The van der Waals surface area contributed by atoms with E-state index >= 15 is 0 Å². The third-order valence-corrected chi connectivity index (χ3v) is 4.56. The minimum absolute atomic E-state index is 0.747. The Hall–Kier alpha value is -1.06. The molecular formula is C16H25N3. The number of nitrogens with zero attached hydrogens (tertiary/aromatic N) is 2. The van der Waals surface area contributed by atoms with Crippen molar-refractivity contribution in [1.82, 2.24) is 10.2 Å². The summed E-state index contributed by atoms with van der Waals surface area (Å²) in [5, 5.41) is 3.47. The molecule has 3 heteroatoms. The van der Waals surface area contributed by atoms with Gasteiger partial charge in [-0.15, -0.1) is 0 Å². The monoisotopic (exact) mass is 259 g/mol. The Morgan fingerprint density at radius 2 is 1.68 bits per heavy atom. The lowest BCUT2D eigenvalue weighted by Gasteiger charge is -2.36. The van der Waals surface area contributed by atoms with Gasteiger partial charge in [0, 0.05) is 31.9 Å². The summed E-state index contributed by atoms with van der Waals surface area (Å²) in [6.45, 7) is 7.03. The Morgan fingerprint density at radius 3 is 2.42 bits per heavy atom. The second-order valence-electron chi connectivity index (χ2n) is 5.87. The van der Waals surface area contributed by atoms with Crippen molar-refractivity contribution in [3.8, 4) is 0 Å². The molecule has 0 saturated carbocycles. The summed E-state index contributed by atoms with van der Waals surface area (Å²) in [5.41, 5.74) is 3.07. The topological polar surface area (TPSA) is 18.5 Å². The van der Waals surface area contributed by atoms with Crippen LogP contribution in [-0.4, -0.2) is 51.2 Å². The van der Waals surface area contributed by atoms with Crippen molar-refractivity contribution < 1.29 is 0 Å². The average molecular weight is 259 g/mol. The summed E-state index contributed by atoms with van der Waals surface area (Å²) in [6.07, 6.45) is 2.56. The summed E-state index contributed by atoms with van der Waals surface area (Å²) in [5.74, 6) is 0.747. The van der Waals surface area contributed by atoms with E-state index < -0.39 is 0 Å². The second-order valence-corrected chi connectivity index (χ2v) is 5.87. The van der Waals surface area contributed by atoms with Crippen LogP contribution < -0.4 is 10.2 Å². The number of anilines is 1. The van der Waals surface area contributed by atoms with Crippen molar-refractivity contribution in [2.75, 3.05) is 51.2 Å². The second kappa shape index (κ2) is 5.93. The van der Waals surface area contributed by atoms with Gasteiger partial charge in [0.1, 0.15) is 0 Å². The Labute approximate surface area is 116 Å². The molecule has 0 radical (unpaired) electrons. The van der Waals surface area contributed by atoms with Crippen LogP contribution in [0, 0.1) is 0 Å². The van der Waals surface area contributed by atoms with Gasteiger partial charge in [-0.3, -0.25) is 0 Å². The van der Waals surface area contributed by atoms with Gasteiger partial charge >= 0.3 is 0 Å². The minimum atomic E-state index is 0.747. The van der Waals surface area contributed by atoms with Gasteiger partial charge in [0.15, 0.2) is 0 Å². The Kier molecular flexibility index (Phi) is 4.04. The summed E-state index contributed by atoms with van der Waals surface area (Å²) < 4.78 is 0. The van der Waals surface area contributed by atoms with E-state index in [2.05, 4.69) is 46.4 Å². The molecule has 19 heavy (non-hydrogen) atoms. The van der Waals surface area contributed by atoms with Crippen LogP contribution in [0.2, 0.25) is 0 Å². The molecule has 3 rings (SSSR count). The third kappa shape index (κ3) is 2.93. The molecule has 1 N–H and O–H groups in total. The van der Waals surface area contributed by atoms with Crippen LogP contribution >= 0.6 is 0 Å². The van der Waals surface area contributed by atoms with Gasteiger partial charge < -0.3 is 15.1 Å². The fourth-order valence-electron chi connectivity index (χ4n) is 3.30. The molecule has 2 fully saturated rings. The number of hydrogen-bond donors (Lipinski definition) is 1. The fourth-order valence-corrected chi connectivity index (χ4v) is 3.30. The SMILES string of the molecule is CN1CCN(c2ccccc2C2CCNCC2)CC1. The van der Waals surface area contributed by atoms with Crippen molar-refractivity contribution in [1.29, 1.82) is 0 Å². The molecule has 0 aliphatic carbocycles. The first kappa shape index (κ1) is 12.9. The minimum Gasteiger partial charge on any atom is -0.369 e. The van der Waals surface area contributed by atoms with Crippen LogP contribution in [0.4, 0.5) is 5.69 Å². The maximum atomic E-state index is 3.47. The molecule has 1 aromatic carbocycles. The van der Waals surface area contributed by atoms with E-state index in [9.17, 15) is 0 Å². The first-order valence-electron chi connectivity index (χ1n) is 7.58.